The first-order chi connectivity index (χ1) is 10.6. The second-order valence-corrected chi connectivity index (χ2v) is 5.56. The second-order valence-electron chi connectivity index (χ2n) is 5.56. The number of ether oxygens (including phenoxy) is 1. The second kappa shape index (κ2) is 6.23. The first-order valence-corrected chi connectivity index (χ1v) is 7.39. The molecule has 1 saturated heterocycles. The lowest BCUT2D eigenvalue weighted by molar-refractivity contribution is -0.0247. The van der Waals surface area contributed by atoms with Gasteiger partial charge in [-0.2, -0.15) is 0 Å². The number of amides is 1. The number of hydrogen-bond acceptors (Lipinski definition) is 4. The number of pyridine rings is 2. The van der Waals surface area contributed by atoms with Crippen molar-refractivity contribution in [3.63, 3.8) is 0 Å². The summed E-state index contributed by atoms with van der Waals surface area (Å²) in [5.74, 6) is 0.0281. The predicted molar refractivity (Wildman–Crippen MR) is 82.5 cm³/mol. The zero-order valence-electron chi connectivity index (χ0n) is 12.8. The molecule has 1 fully saturated rings. The highest BCUT2D eigenvalue weighted by Crippen LogP contribution is 2.22. The van der Waals surface area contributed by atoms with Gasteiger partial charge in [0.15, 0.2) is 0 Å². The van der Waals surface area contributed by atoms with E-state index in [1.165, 1.54) is 0 Å². The van der Waals surface area contributed by atoms with Crippen LogP contribution in [0.4, 0.5) is 0 Å². The van der Waals surface area contributed by atoms with Crippen molar-refractivity contribution in [3.05, 3.63) is 59.2 Å². The number of aromatic nitrogens is 2. The maximum Gasteiger partial charge on any atom is 0.254 e. The van der Waals surface area contributed by atoms with Crippen LogP contribution in [-0.2, 0) is 4.74 Å². The summed E-state index contributed by atoms with van der Waals surface area (Å²) >= 11 is 0. The van der Waals surface area contributed by atoms with E-state index in [4.69, 9.17) is 4.74 Å². The van der Waals surface area contributed by atoms with Gasteiger partial charge in [0.1, 0.15) is 6.10 Å². The molecular weight excluding hydrogens is 278 g/mol. The van der Waals surface area contributed by atoms with Crippen LogP contribution in [-0.4, -0.2) is 40.5 Å². The van der Waals surface area contributed by atoms with Gasteiger partial charge in [-0.15, -0.1) is 0 Å². The van der Waals surface area contributed by atoms with Crippen molar-refractivity contribution in [2.45, 2.75) is 20.0 Å². The smallest absolute Gasteiger partial charge is 0.254 e. The van der Waals surface area contributed by atoms with E-state index in [1.54, 1.807) is 18.5 Å². The highest BCUT2D eigenvalue weighted by molar-refractivity contribution is 5.95. The third-order valence-electron chi connectivity index (χ3n) is 3.87. The minimum Gasteiger partial charge on any atom is -0.368 e. The first-order valence-electron chi connectivity index (χ1n) is 7.39. The Bertz CT molecular complexity index is 670. The molecule has 1 atom stereocenters. The third-order valence-corrected chi connectivity index (χ3v) is 3.87. The van der Waals surface area contributed by atoms with Crippen LogP contribution >= 0.6 is 0 Å². The van der Waals surface area contributed by atoms with Crippen molar-refractivity contribution in [2.75, 3.05) is 19.7 Å². The van der Waals surface area contributed by atoms with E-state index in [1.807, 2.05) is 37.1 Å². The lowest BCUT2D eigenvalue weighted by atomic mass is 10.1. The van der Waals surface area contributed by atoms with Gasteiger partial charge in [0.25, 0.3) is 5.91 Å². The maximum atomic E-state index is 12.7. The largest absolute Gasteiger partial charge is 0.368 e. The van der Waals surface area contributed by atoms with Gasteiger partial charge in [-0.25, -0.2) is 0 Å². The molecule has 0 saturated carbocycles. The molecule has 114 valence electrons. The van der Waals surface area contributed by atoms with Crippen LogP contribution in [0.25, 0.3) is 0 Å². The molecule has 3 rings (SSSR count). The van der Waals surface area contributed by atoms with Gasteiger partial charge in [0, 0.05) is 30.7 Å². The highest BCUT2D eigenvalue weighted by Gasteiger charge is 2.27. The van der Waals surface area contributed by atoms with E-state index >= 15 is 0 Å². The molecule has 5 nitrogen and oxygen atoms in total. The highest BCUT2D eigenvalue weighted by atomic mass is 16.5. The molecule has 3 heterocycles. The summed E-state index contributed by atoms with van der Waals surface area (Å²) in [5, 5.41) is 0. The number of rotatable bonds is 2. The van der Waals surface area contributed by atoms with E-state index in [0.717, 1.165) is 16.8 Å². The number of carbonyl (C=O) groups excluding carboxylic acids is 1. The Hall–Kier alpha value is -2.27. The molecule has 22 heavy (non-hydrogen) atoms. The Morgan fingerprint density at radius 3 is 2.86 bits per heavy atom. The summed E-state index contributed by atoms with van der Waals surface area (Å²) in [4.78, 5) is 23.0. The SMILES string of the molecule is Cc1ccc([C@@H]2CN(C(=O)c3ccncc3C)CCO2)nc1. The minimum absolute atomic E-state index is 0.0281. The number of hydrogen-bond donors (Lipinski definition) is 0. The number of morpholine rings is 1. The number of aryl methyl sites for hydroxylation is 2. The van der Waals surface area contributed by atoms with Crippen molar-refractivity contribution >= 4 is 5.91 Å². The predicted octanol–water partition coefficient (Wildman–Crippen LogP) is 2.31. The molecule has 0 aliphatic carbocycles. The fourth-order valence-corrected chi connectivity index (χ4v) is 2.57. The average molecular weight is 297 g/mol. The van der Waals surface area contributed by atoms with Crippen LogP contribution in [0.15, 0.2) is 36.8 Å². The van der Waals surface area contributed by atoms with E-state index in [-0.39, 0.29) is 12.0 Å². The Morgan fingerprint density at radius 1 is 1.27 bits per heavy atom. The zero-order chi connectivity index (χ0) is 15.5. The first kappa shape index (κ1) is 14.7. The molecule has 0 bridgehead atoms. The maximum absolute atomic E-state index is 12.7. The zero-order valence-corrected chi connectivity index (χ0v) is 12.8. The van der Waals surface area contributed by atoms with Gasteiger partial charge in [-0.3, -0.25) is 14.8 Å². The van der Waals surface area contributed by atoms with Crippen LogP contribution < -0.4 is 0 Å². The molecule has 1 aliphatic heterocycles. The fraction of sp³-hybridized carbons (Fsp3) is 0.353. The Labute approximate surface area is 130 Å². The third kappa shape index (κ3) is 2.99. The molecule has 2 aromatic rings. The Kier molecular flexibility index (Phi) is 4.15. The molecular formula is C17H19N3O2. The van der Waals surface area contributed by atoms with Crippen molar-refractivity contribution in [1.82, 2.24) is 14.9 Å². The van der Waals surface area contributed by atoms with Crippen LogP contribution in [0.5, 0.6) is 0 Å². The summed E-state index contributed by atoms with van der Waals surface area (Å²) < 4.78 is 5.78. The van der Waals surface area contributed by atoms with E-state index in [0.29, 0.717) is 25.3 Å². The molecule has 0 aromatic carbocycles. The standard InChI is InChI=1S/C17H19N3O2/c1-12-3-4-15(19-9-12)16-11-20(7-8-22-16)17(21)14-5-6-18-10-13(14)2/h3-6,9-10,16H,7-8,11H2,1-2H3/t16-/m0/s1. The number of nitrogens with zero attached hydrogens (tertiary/aromatic N) is 3. The quantitative estimate of drug-likeness (QED) is 0.853. The monoisotopic (exact) mass is 297 g/mol. The molecule has 1 aliphatic rings. The molecule has 5 heteroatoms. The summed E-state index contributed by atoms with van der Waals surface area (Å²) in [7, 11) is 0. The van der Waals surface area contributed by atoms with Crippen LogP contribution in [0, 0.1) is 13.8 Å². The van der Waals surface area contributed by atoms with Crippen LogP contribution in [0.3, 0.4) is 0 Å². The average Bonchev–Trinajstić information content (AvgIpc) is 2.55. The van der Waals surface area contributed by atoms with Gasteiger partial charge >= 0.3 is 0 Å². The van der Waals surface area contributed by atoms with Gasteiger partial charge in [-0.1, -0.05) is 6.07 Å². The van der Waals surface area contributed by atoms with Crippen LogP contribution in [0.2, 0.25) is 0 Å². The van der Waals surface area contributed by atoms with E-state index in [2.05, 4.69) is 9.97 Å². The number of carbonyl (C=O) groups is 1. The van der Waals surface area contributed by atoms with Gasteiger partial charge < -0.3 is 9.64 Å². The van der Waals surface area contributed by atoms with Crippen molar-refractivity contribution < 1.29 is 9.53 Å². The molecule has 2 aromatic heterocycles. The molecule has 0 N–H and O–H groups in total. The fourth-order valence-electron chi connectivity index (χ4n) is 2.57. The lowest BCUT2D eigenvalue weighted by Gasteiger charge is -2.33. The topological polar surface area (TPSA) is 55.3 Å². The van der Waals surface area contributed by atoms with E-state index < -0.39 is 0 Å². The molecule has 1 amide bonds. The summed E-state index contributed by atoms with van der Waals surface area (Å²) in [6.45, 7) is 5.55. The van der Waals surface area contributed by atoms with Crippen LogP contribution in [0.1, 0.15) is 33.3 Å². The lowest BCUT2D eigenvalue weighted by Crippen LogP contribution is -2.42. The minimum atomic E-state index is -0.166. The van der Waals surface area contributed by atoms with Gasteiger partial charge in [0.2, 0.25) is 0 Å². The summed E-state index contributed by atoms with van der Waals surface area (Å²) in [6.07, 6.45) is 5.03. The Morgan fingerprint density at radius 2 is 2.14 bits per heavy atom. The summed E-state index contributed by atoms with van der Waals surface area (Å²) in [6, 6.07) is 5.75. The van der Waals surface area contributed by atoms with Gasteiger partial charge in [0.05, 0.1) is 18.8 Å². The molecule has 0 unspecified atom stereocenters. The van der Waals surface area contributed by atoms with Crippen molar-refractivity contribution in [1.29, 1.82) is 0 Å². The normalized spacial score (nSPS) is 18.3. The van der Waals surface area contributed by atoms with Crippen molar-refractivity contribution in [3.8, 4) is 0 Å². The van der Waals surface area contributed by atoms with E-state index in [9.17, 15) is 4.79 Å². The van der Waals surface area contributed by atoms with Gasteiger partial charge in [-0.05, 0) is 37.1 Å². The molecule has 0 spiro atoms. The van der Waals surface area contributed by atoms with Crippen molar-refractivity contribution in [2.24, 2.45) is 0 Å². The Balaban J connectivity index is 1.77. The molecule has 0 radical (unpaired) electrons. The summed E-state index contributed by atoms with van der Waals surface area (Å²) in [5.41, 5.74) is 3.57.